The number of carbonyl (C=O) groups excluding carboxylic acids is 5. The standard InChI is InChI=1S/C70H79N8O14P3/c1-10-92-95(9,88)68-42-57(16-13-54-19-25-62(26-20-54)90-47-50(3)80)39-60(73-68)45-78-35-33-76(43-58-37-55(40-66(71-58)93(5,6)86)14-11-52-17-23-61(24-18-52)89-46-49(2)79)31-32-77(34-36-78)44-59-38-56(41-67(72-59)94(7,8)87)15-12-53-21-27-63(28-22-53)91-48-65(82)75-74-64(29-30-69(83)84)70(85)51(4)81/h17-28,37-42,64,74H,10,29-36,43-48H2,1-9H3,(H,75,82)(H,83,84)/t64-,95?/m0/s1. The molecule has 3 N–H and O–H groups in total. The van der Waals surface area contributed by atoms with E-state index in [-0.39, 0.29) is 43.2 Å². The molecule has 0 aliphatic carbocycles. The molecule has 0 spiro atoms. The zero-order valence-electron chi connectivity index (χ0n) is 54.9. The van der Waals surface area contributed by atoms with Gasteiger partial charge >= 0.3 is 5.97 Å². The number of aromatic nitrogens is 3. The van der Waals surface area contributed by atoms with Crippen molar-refractivity contribution in [1.82, 2.24) is 40.5 Å². The van der Waals surface area contributed by atoms with E-state index in [1.54, 1.807) is 119 Å². The first kappa shape index (κ1) is 73.7. The predicted octanol–water partition coefficient (Wildman–Crippen LogP) is 6.28. The Morgan fingerprint density at radius 3 is 1.17 bits per heavy atom. The van der Waals surface area contributed by atoms with Crippen LogP contribution in [0.5, 0.6) is 17.2 Å². The number of carboxylic acid groups (broad SMARTS) is 1. The minimum atomic E-state index is -3.40. The summed E-state index contributed by atoms with van der Waals surface area (Å²) in [6, 6.07) is 30.5. The number of rotatable bonds is 27. The van der Waals surface area contributed by atoms with Gasteiger partial charge in [0, 0.05) is 112 Å². The Morgan fingerprint density at radius 2 is 0.842 bits per heavy atom. The third kappa shape index (κ3) is 24.9. The van der Waals surface area contributed by atoms with E-state index < -0.39 is 64.2 Å². The number of hydrogen-bond acceptors (Lipinski definition) is 20. The number of ketones is 4. The Hall–Kier alpha value is -8.70. The highest BCUT2D eigenvalue weighted by molar-refractivity contribution is 7.70. The van der Waals surface area contributed by atoms with Crippen LogP contribution in [0, 0.1) is 35.5 Å². The molecule has 1 fully saturated rings. The lowest BCUT2D eigenvalue weighted by atomic mass is 10.1. The monoisotopic (exact) mass is 1350 g/mol. The second-order valence-electron chi connectivity index (χ2n) is 23.6. The van der Waals surface area contributed by atoms with E-state index in [0.717, 1.165) is 6.92 Å². The van der Waals surface area contributed by atoms with Gasteiger partial charge in [-0.15, -0.1) is 0 Å². The van der Waals surface area contributed by atoms with Crippen molar-refractivity contribution >= 4 is 73.0 Å². The van der Waals surface area contributed by atoms with Gasteiger partial charge < -0.3 is 33.0 Å². The Morgan fingerprint density at radius 1 is 0.505 bits per heavy atom. The van der Waals surface area contributed by atoms with Gasteiger partial charge in [-0.05, 0) is 163 Å². The molecule has 1 saturated heterocycles. The van der Waals surface area contributed by atoms with Crippen molar-refractivity contribution in [3.05, 3.63) is 160 Å². The average Bonchev–Trinajstić information content (AvgIpc) is 0.992. The molecule has 1 unspecified atom stereocenters. The first-order valence-electron chi connectivity index (χ1n) is 30.6. The summed E-state index contributed by atoms with van der Waals surface area (Å²) in [5, 5.41) is 9.05. The molecule has 4 heterocycles. The molecule has 0 radical (unpaired) electrons. The Balaban J connectivity index is 1.16. The first-order chi connectivity index (χ1) is 45.0. The molecule has 3 aromatic carbocycles. The van der Waals surface area contributed by atoms with Gasteiger partial charge in [0.05, 0.1) is 29.7 Å². The van der Waals surface area contributed by atoms with Gasteiger partial charge in [0.25, 0.3) is 5.91 Å². The van der Waals surface area contributed by atoms with Gasteiger partial charge in [0.15, 0.2) is 24.0 Å². The maximum absolute atomic E-state index is 14.1. The summed E-state index contributed by atoms with van der Waals surface area (Å²) in [5.74, 6) is 17.0. The molecule has 498 valence electrons. The number of nitrogens with zero attached hydrogens (tertiary/aromatic N) is 6. The van der Waals surface area contributed by atoms with Gasteiger partial charge in [-0.2, -0.15) is 0 Å². The Kier molecular flexibility index (Phi) is 26.9. The molecule has 22 nitrogen and oxygen atoms in total. The van der Waals surface area contributed by atoms with E-state index in [4.69, 9.17) is 38.8 Å². The zero-order valence-corrected chi connectivity index (χ0v) is 57.5. The fourth-order valence-corrected chi connectivity index (χ4v) is 12.4. The number of hydrogen-bond donors (Lipinski definition) is 3. The largest absolute Gasteiger partial charge is 0.486 e. The van der Waals surface area contributed by atoms with Crippen LogP contribution in [0.1, 0.15) is 91.0 Å². The van der Waals surface area contributed by atoms with E-state index in [1.165, 1.54) is 13.8 Å². The van der Waals surface area contributed by atoms with Crippen LogP contribution in [0.15, 0.2) is 109 Å². The molecule has 1 amide bonds. The lowest BCUT2D eigenvalue weighted by Gasteiger charge is -2.26. The second-order valence-corrected chi connectivity index (χ2v) is 32.3. The molecule has 1 aliphatic rings. The number of pyridine rings is 3. The topological polar surface area (TPSA) is 283 Å². The normalized spacial score (nSPS) is 14.0. The van der Waals surface area contributed by atoms with Crippen molar-refractivity contribution in [2.24, 2.45) is 0 Å². The van der Waals surface area contributed by atoms with E-state index in [2.05, 4.69) is 61.1 Å². The van der Waals surface area contributed by atoms with Crippen LogP contribution < -0.4 is 41.4 Å². The summed E-state index contributed by atoms with van der Waals surface area (Å²) < 4.78 is 64.3. The van der Waals surface area contributed by atoms with E-state index in [1.807, 2.05) is 30.3 Å². The lowest BCUT2D eigenvalue weighted by Crippen LogP contribution is -2.51. The number of Topliss-reactive ketones (excluding diaryl/α,β-unsaturated/α-hetero) is 4. The molecule has 1 aliphatic heterocycles. The smallest absolute Gasteiger partial charge is 0.303 e. The summed E-state index contributed by atoms with van der Waals surface area (Å²) in [6.45, 7) is 18.1. The summed E-state index contributed by atoms with van der Waals surface area (Å²) in [7, 11) is -9.21. The number of aliphatic carboxylic acids is 1. The van der Waals surface area contributed by atoms with Crippen LogP contribution in [0.2, 0.25) is 0 Å². The quantitative estimate of drug-likeness (QED) is 0.0221. The highest BCUT2D eigenvalue weighted by Gasteiger charge is 2.27. The number of benzene rings is 3. The van der Waals surface area contributed by atoms with E-state index in [0.29, 0.717) is 137 Å². The maximum atomic E-state index is 14.1. The third-order valence-electron chi connectivity index (χ3n) is 14.4. The highest BCUT2D eigenvalue weighted by Crippen LogP contribution is 2.41. The molecule has 2 atom stereocenters. The van der Waals surface area contributed by atoms with Crippen molar-refractivity contribution in [1.29, 1.82) is 0 Å². The highest BCUT2D eigenvalue weighted by atomic mass is 31.2. The molecular weight excluding hydrogens is 1270 g/mol. The van der Waals surface area contributed by atoms with Crippen LogP contribution in [0.3, 0.4) is 0 Å². The fraction of sp³-hybridized carbons (Fsp3) is 0.357. The van der Waals surface area contributed by atoms with Gasteiger partial charge in [-0.1, -0.05) is 35.5 Å². The molecule has 3 aromatic heterocycles. The van der Waals surface area contributed by atoms with Gasteiger partial charge in [-0.25, -0.2) is 20.4 Å². The van der Waals surface area contributed by atoms with E-state index >= 15 is 0 Å². The Bertz CT molecular complexity index is 4140. The molecule has 25 heteroatoms. The number of carboxylic acids is 1. The van der Waals surface area contributed by atoms with Crippen molar-refractivity contribution in [3.8, 4) is 52.8 Å². The van der Waals surface area contributed by atoms with Crippen molar-refractivity contribution < 1.29 is 66.3 Å². The number of nitrogens with one attached hydrogen (secondary N) is 2. The molecule has 95 heavy (non-hydrogen) atoms. The second kappa shape index (κ2) is 34.6. The number of carbonyl (C=O) groups is 6. The van der Waals surface area contributed by atoms with Crippen LogP contribution in [0.25, 0.3) is 0 Å². The van der Waals surface area contributed by atoms with Crippen LogP contribution in [-0.2, 0) is 66.6 Å². The van der Waals surface area contributed by atoms with Gasteiger partial charge in [0.2, 0.25) is 13.2 Å². The van der Waals surface area contributed by atoms with E-state index in [9.17, 15) is 42.5 Å². The fourth-order valence-electron chi connectivity index (χ4n) is 9.43. The molecule has 0 saturated carbocycles. The minimum absolute atomic E-state index is 0.0344. The number of hydrazine groups is 1. The Labute approximate surface area is 554 Å². The zero-order chi connectivity index (χ0) is 68.9. The summed E-state index contributed by atoms with van der Waals surface area (Å²) in [6.07, 6.45) is -0.615. The predicted molar refractivity (Wildman–Crippen MR) is 364 cm³/mol. The number of ether oxygens (including phenoxy) is 3. The number of amides is 1. The van der Waals surface area contributed by atoms with Gasteiger partial charge in [0.1, 0.15) is 61.1 Å². The van der Waals surface area contributed by atoms with Crippen molar-refractivity contribution in [2.75, 3.05) is 99.0 Å². The average molecular weight is 1350 g/mol. The molecule has 0 bridgehead atoms. The summed E-state index contributed by atoms with van der Waals surface area (Å²) >= 11 is 0. The molecular formula is C70H79N8O14P3. The summed E-state index contributed by atoms with van der Waals surface area (Å²) in [4.78, 5) is 92.4. The maximum Gasteiger partial charge on any atom is 0.303 e. The third-order valence-corrected chi connectivity index (χ3v) is 18.9. The van der Waals surface area contributed by atoms with Crippen LogP contribution in [0.4, 0.5) is 0 Å². The van der Waals surface area contributed by atoms with Crippen LogP contribution >= 0.6 is 21.7 Å². The summed E-state index contributed by atoms with van der Waals surface area (Å²) in [5.41, 5.74) is 11.7. The van der Waals surface area contributed by atoms with Crippen molar-refractivity contribution in [3.63, 3.8) is 0 Å². The molecule has 6 aromatic rings. The first-order valence-corrected chi connectivity index (χ1v) is 37.9. The molecule has 7 rings (SSSR count). The van der Waals surface area contributed by atoms with Crippen molar-refractivity contribution in [2.45, 2.75) is 66.2 Å². The van der Waals surface area contributed by atoms with Crippen LogP contribution in [-0.4, -0.2) is 175 Å². The minimum Gasteiger partial charge on any atom is -0.486 e. The van der Waals surface area contributed by atoms with Gasteiger partial charge in [-0.3, -0.25) is 53.5 Å². The lowest BCUT2D eigenvalue weighted by molar-refractivity contribution is -0.139. The SMILES string of the molecule is CCOP(C)(=O)c1cc(C#Cc2ccc(OCC(C)=O)cc2)cc(CN2CCN(Cc3cc(C#Cc4ccc(OCC(C)=O)cc4)cc(P(C)(C)=O)n3)CCN(Cc3cc(C#Cc4ccc(OCC(=O)NN[C@@H](CCC(=O)O)C(=O)C(C)=O)cc4)cc(P(C)(C)=O)n3)CC2)n1.